The molecule has 5 rings (SSSR count). The number of allylic oxidation sites excluding steroid dienone is 4. The van der Waals surface area contributed by atoms with Crippen LogP contribution in [0.3, 0.4) is 0 Å². The first-order valence-corrected chi connectivity index (χ1v) is 17.0. The van der Waals surface area contributed by atoms with Crippen LogP contribution in [0, 0.1) is 11.8 Å². The molecule has 3 aliphatic heterocycles. The van der Waals surface area contributed by atoms with Crippen LogP contribution in [-0.4, -0.2) is 89.9 Å². The van der Waals surface area contributed by atoms with Crippen LogP contribution in [0.4, 0.5) is 0 Å². The second kappa shape index (κ2) is 15.0. The number of carbonyl (C=O) groups excluding carboxylic acids is 2. The van der Waals surface area contributed by atoms with Crippen LogP contribution >= 0.6 is 0 Å². The van der Waals surface area contributed by atoms with E-state index in [2.05, 4.69) is 95.5 Å². The topological polar surface area (TPSA) is 67.9 Å². The number of piperidine rings is 1. The van der Waals surface area contributed by atoms with Crippen molar-refractivity contribution in [2.45, 2.75) is 103 Å². The molecule has 4 aliphatic rings. The lowest BCUT2D eigenvalue weighted by Gasteiger charge is -2.43. The lowest BCUT2D eigenvalue weighted by Crippen LogP contribution is -2.53. The van der Waals surface area contributed by atoms with E-state index in [0.717, 1.165) is 58.5 Å². The molecule has 7 heteroatoms. The van der Waals surface area contributed by atoms with E-state index in [9.17, 15) is 9.59 Å². The lowest BCUT2D eigenvalue weighted by molar-refractivity contribution is -0.136. The Balaban J connectivity index is 1.24. The smallest absolute Gasteiger partial charge is 0.245 e. The molecule has 2 amide bonds. The highest BCUT2D eigenvalue weighted by molar-refractivity contribution is 5.88. The largest absolute Gasteiger partial charge is 0.344 e. The van der Waals surface area contributed by atoms with Crippen LogP contribution in [0.1, 0.15) is 83.4 Å². The molecule has 1 aromatic carbocycles. The second-order valence-corrected chi connectivity index (χ2v) is 14.0. The predicted octanol–water partition coefficient (Wildman–Crippen LogP) is 4.70. The summed E-state index contributed by atoms with van der Waals surface area (Å²) in [6, 6.07) is 9.47. The summed E-state index contributed by atoms with van der Waals surface area (Å²) in [5.74, 6) is 0.895. The van der Waals surface area contributed by atoms with Gasteiger partial charge in [0.15, 0.2) is 0 Å². The molecule has 7 nitrogen and oxygen atoms in total. The molecule has 236 valence electrons. The van der Waals surface area contributed by atoms with Crippen LogP contribution in [0.2, 0.25) is 0 Å². The van der Waals surface area contributed by atoms with E-state index >= 15 is 0 Å². The number of nitrogens with one attached hydrogen (secondary N) is 2. The van der Waals surface area contributed by atoms with Gasteiger partial charge in [0.2, 0.25) is 11.8 Å². The SMILES string of the molecule is CC(C)CN(C1CCN(C(C)C)CC1)[C@@H]1CCN(C(=O)[C@@H](CC2C=CC=CC2)NC(=O)CC2NCCc3ccccc32)C1. The molecule has 2 saturated heterocycles. The maximum Gasteiger partial charge on any atom is 0.245 e. The molecule has 1 aromatic rings. The summed E-state index contributed by atoms with van der Waals surface area (Å²) in [5.41, 5.74) is 2.52. The third-order valence-electron chi connectivity index (χ3n) is 10.1. The molecular formula is C36H55N5O2. The predicted molar refractivity (Wildman–Crippen MR) is 175 cm³/mol. The number of carbonyl (C=O) groups is 2. The zero-order valence-corrected chi connectivity index (χ0v) is 27.0. The zero-order valence-electron chi connectivity index (χ0n) is 27.0. The fourth-order valence-corrected chi connectivity index (χ4v) is 7.73. The molecule has 0 spiro atoms. The van der Waals surface area contributed by atoms with Gasteiger partial charge in [0.05, 0.1) is 0 Å². The summed E-state index contributed by atoms with van der Waals surface area (Å²) in [5, 5.41) is 6.76. The number of amides is 2. The molecule has 1 aliphatic carbocycles. The molecule has 4 atom stereocenters. The molecular weight excluding hydrogens is 534 g/mol. The first kappa shape index (κ1) is 31.9. The number of hydrogen-bond donors (Lipinski definition) is 2. The van der Waals surface area contributed by atoms with E-state index in [1.165, 1.54) is 24.0 Å². The maximum atomic E-state index is 14.2. The number of nitrogens with zero attached hydrogens (tertiary/aromatic N) is 3. The summed E-state index contributed by atoms with van der Waals surface area (Å²) in [6.45, 7) is 15.0. The van der Waals surface area contributed by atoms with E-state index in [1.807, 2.05) is 6.07 Å². The molecule has 2 N–H and O–H groups in total. The second-order valence-electron chi connectivity index (χ2n) is 14.0. The van der Waals surface area contributed by atoms with E-state index < -0.39 is 6.04 Å². The van der Waals surface area contributed by atoms with E-state index in [0.29, 0.717) is 36.9 Å². The first-order chi connectivity index (χ1) is 20.8. The third kappa shape index (κ3) is 8.37. The van der Waals surface area contributed by atoms with Crippen molar-refractivity contribution in [2.24, 2.45) is 11.8 Å². The van der Waals surface area contributed by atoms with Crippen molar-refractivity contribution in [3.05, 3.63) is 59.7 Å². The van der Waals surface area contributed by atoms with Gasteiger partial charge in [-0.1, -0.05) is 62.4 Å². The van der Waals surface area contributed by atoms with Gasteiger partial charge in [-0.05, 0) is 95.0 Å². The number of hydrogen-bond acceptors (Lipinski definition) is 5. The Bertz CT molecular complexity index is 1140. The van der Waals surface area contributed by atoms with Crippen molar-refractivity contribution >= 4 is 11.8 Å². The highest BCUT2D eigenvalue weighted by atomic mass is 16.2. The summed E-state index contributed by atoms with van der Waals surface area (Å²) >= 11 is 0. The average molecular weight is 590 g/mol. The van der Waals surface area contributed by atoms with Gasteiger partial charge in [0, 0.05) is 50.2 Å². The normalized spacial score (nSPS) is 25.5. The van der Waals surface area contributed by atoms with Crippen LogP contribution in [0.25, 0.3) is 0 Å². The standard InChI is InChI=1S/C36H55N5O2/c1-26(2)24-41(30-15-19-39(20-16-30)27(3)4)31-17-21-40(25-31)36(43)34(22-28-10-6-5-7-11-28)38-35(42)23-33-32-13-9-8-12-29(32)14-18-37-33/h5-10,12-13,26-28,30-31,33-34,37H,11,14-25H2,1-4H3,(H,38,42)/t28?,31-,33?,34-/m1/s1. The Labute approximate surface area is 260 Å². The van der Waals surface area contributed by atoms with Gasteiger partial charge in [0.1, 0.15) is 6.04 Å². The minimum Gasteiger partial charge on any atom is -0.344 e. The molecule has 43 heavy (non-hydrogen) atoms. The van der Waals surface area contributed by atoms with E-state index in [-0.39, 0.29) is 23.8 Å². The Morgan fingerprint density at radius 2 is 1.79 bits per heavy atom. The number of fused-ring (bicyclic) bond motifs is 1. The molecule has 2 unspecified atom stereocenters. The molecule has 0 radical (unpaired) electrons. The lowest BCUT2D eigenvalue weighted by atomic mass is 9.91. The first-order valence-electron chi connectivity index (χ1n) is 17.0. The summed E-state index contributed by atoms with van der Waals surface area (Å²) in [4.78, 5) is 35.1. The molecule has 0 saturated carbocycles. The number of likely N-dealkylation sites (tertiary alicyclic amines) is 2. The fraction of sp³-hybridized carbons (Fsp3) is 0.667. The van der Waals surface area contributed by atoms with Crippen molar-refractivity contribution in [1.29, 1.82) is 0 Å². The van der Waals surface area contributed by atoms with Gasteiger partial charge in [-0.2, -0.15) is 0 Å². The monoisotopic (exact) mass is 589 g/mol. The van der Waals surface area contributed by atoms with Gasteiger partial charge < -0.3 is 20.4 Å². The van der Waals surface area contributed by atoms with Crippen molar-refractivity contribution in [2.75, 3.05) is 39.3 Å². The Morgan fingerprint density at radius 1 is 1.02 bits per heavy atom. The highest BCUT2D eigenvalue weighted by Gasteiger charge is 2.38. The summed E-state index contributed by atoms with van der Waals surface area (Å²) in [7, 11) is 0. The Hall–Kier alpha value is -2.48. The highest BCUT2D eigenvalue weighted by Crippen LogP contribution is 2.28. The molecule has 2 fully saturated rings. The van der Waals surface area contributed by atoms with Crippen LogP contribution < -0.4 is 10.6 Å². The van der Waals surface area contributed by atoms with Crippen molar-refractivity contribution in [3.63, 3.8) is 0 Å². The van der Waals surface area contributed by atoms with Gasteiger partial charge in [-0.15, -0.1) is 0 Å². The molecule has 3 heterocycles. The van der Waals surface area contributed by atoms with Gasteiger partial charge in [0.25, 0.3) is 0 Å². The van der Waals surface area contributed by atoms with Crippen molar-refractivity contribution < 1.29 is 9.59 Å². The summed E-state index contributed by atoms with van der Waals surface area (Å²) < 4.78 is 0. The Morgan fingerprint density at radius 3 is 2.51 bits per heavy atom. The molecule has 0 bridgehead atoms. The zero-order chi connectivity index (χ0) is 30.3. The quantitative estimate of drug-likeness (QED) is 0.392. The minimum atomic E-state index is -0.501. The third-order valence-corrected chi connectivity index (χ3v) is 10.1. The van der Waals surface area contributed by atoms with Crippen LogP contribution in [0.5, 0.6) is 0 Å². The summed E-state index contributed by atoms with van der Waals surface area (Å²) in [6.07, 6.45) is 14.8. The van der Waals surface area contributed by atoms with E-state index in [4.69, 9.17) is 0 Å². The van der Waals surface area contributed by atoms with Crippen molar-refractivity contribution in [3.8, 4) is 0 Å². The minimum absolute atomic E-state index is 0.0129. The van der Waals surface area contributed by atoms with Gasteiger partial charge >= 0.3 is 0 Å². The molecule has 0 aromatic heterocycles. The van der Waals surface area contributed by atoms with Crippen LogP contribution in [-0.2, 0) is 16.0 Å². The van der Waals surface area contributed by atoms with E-state index in [1.54, 1.807) is 0 Å². The maximum absolute atomic E-state index is 14.2. The average Bonchev–Trinajstić information content (AvgIpc) is 3.50. The van der Waals surface area contributed by atoms with Crippen molar-refractivity contribution in [1.82, 2.24) is 25.3 Å². The van der Waals surface area contributed by atoms with Gasteiger partial charge in [-0.25, -0.2) is 0 Å². The fourth-order valence-electron chi connectivity index (χ4n) is 7.73. The van der Waals surface area contributed by atoms with Crippen LogP contribution in [0.15, 0.2) is 48.6 Å². The van der Waals surface area contributed by atoms with Gasteiger partial charge in [-0.3, -0.25) is 14.5 Å². The Kier molecular flexibility index (Phi) is 11.1. The number of rotatable bonds is 11. The number of benzene rings is 1.